The number of amides is 2. The third-order valence-corrected chi connectivity index (χ3v) is 4.92. The van der Waals surface area contributed by atoms with Gasteiger partial charge in [-0.05, 0) is 38.8 Å². The maximum atomic E-state index is 12.1. The lowest BCUT2D eigenvalue weighted by Gasteiger charge is -2.11. The Labute approximate surface area is 169 Å². The van der Waals surface area contributed by atoms with Crippen LogP contribution in [0.5, 0.6) is 0 Å². The fourth-order valence-electron chi connectivity index (χ4n) is 2.27. The second-order valence-corrected chi connectivity index (χ2v) is 8.05. The van der Waals surface area contributed by atoms with E-state index in [1.165, 1.54) is 11.8 Å². The van der Waals surface area contributed by atoms with Gasteiger partial charge in [0.05, 0.1) is 23.7 Å². The molecule has 0 bridgehead atoms. The number of rotatable bonds is 10. The van der Waals surface area contributed by atoms with Crippen LogP contribution in [0.4, 0.5) is 5.82 Å². The number of hydrogen-bond donors (Lipinski definition) is 2. The van der Waals surface area contributed by atoms with E-state index in [0.717, 1.165) is 11.1 Å². The number of thioether (sulfide) groups is 1. The minimum absolute atomic E-state index is 0.120. The summed E-state index contributed by atoms with van der Waals surface area (Å²) >= 11 is 1.27. The maximum absolute atomic E-state index is 12.1. The lowest BCUT2D eigenvalue weighted by atomic mass is 10.1. The number of ether oxygens (including phenoxy) is 1. The van der Waals surface area contributed by atoms with Crippen molar-refractivity contribution in [3.63, 3.8) is 0 Å². The van der Waals surface area contributed by atoms with Crippen LogP contribution in [0.15, 0.2) is 34.9 Å². The van der Waals surface area contributed by atoms with E-state index < -0.39 is 0 Å². The van der Waals surface area contributed by atoms with Crippen LogP contribution in [0.25, 0.3) is 0 Å². The molecule has 0 spiro atoms. The van der Waals surface area contributed by atoms with E-state index in [4.69, 9.17) is 9.26 Å². The minimum Gasteiger partial charge on any atom is -0.374 e. The molecule has 2 rings (SSSR count). The SMILES string of the molecule is Cc1cc(NC(=O)C(C)SCC(=O)NCc2cccc(COC(C)C)c2)no1. The second kappa shape index (κ2) is 10.9. The molecular formula is C20H27N3O4S. The van der Waals surface area contributed by atoms with Crippen molar-refractivity contribution in [2.24, 2.45) is 0 Å². The number of nitrogens with zero attached hydrogens (tertiary/aromatic N) is 1. The standard InChI is InChI=1S/C20H27N3O4S/c1-13(2)26-11-17-7-5-6-16(9-17)10-21-19(24)12-28-15(4)20(25)22-18-8-14(3)27-23-18/h5-9,13,15H,10-12H2,1-4H3,(H,21,24)(H,22,23,25). The molecule has 8 heteroatoms. The number of benzene rings is 1. The summed E-state index contributed by atoms with van der Waals surface area (Å²) in [7, 11) is 0. The van der Waals surface area contributed by atoms with E-state index in [9.17, 15) is 9.59 Å². The van der Waals surface area contributed by atoms with E-state index in [0.29, 0.717) is 24.7 Å². The fourth-order valence-corrected chi connectivity index (χ4v) is 2.99. The Morgan fingerprint density at radius 2 is 1.96 bits per heavy atom. The van der Waals surface area contributed by atoms with Crippen LogP contribution in [-0.4, -0.2) is 34.1 Å². The van der Waals surface area contributed by atoms with Gasteiger partial charge in [-0.25, -0.2) is 0 Å². The molecule has 0 radical (unpaired) electrons. The zero-order valence-electron chi connectivity index (χ0n) is 16.7. The molecular weight excluding hydrogens is 378 g/mol. The van der Waals surface area contributed by atoms with Crippen molar-refractivity contribution < 1.29 is 18.8 Å². The number of anilines is 1. The van der Waals surface area contributed by atoms with Gasteiger partial charge in [0.2, 0.25) is 11.8 Å². The van der Waals surface area contributed by atoms with Crippen molar-refractivity contribution in [1.29, 1.82) is 0 Å². The number of aryl methyl sites for hydroxylation is 1. The summed E-state index contributed by atoms with van der Waals surface area (Å²) in [5.74, 6) is 0.855. The Bertz CT molecular complexity index is 791. The first-order chi connectivity index (χ1) is 13.3. The Kier molecular flexibility index (Phi) is 8.53. The quantitative estimate of drug-likeness (QED) is 0.630. The largest absolute Gasteiger partial charge is 0.374 e. The topological polar surface area (TPSA) is 93.5 Å². The Morgan fingerprint density at radius 1 is 1.21 bits per heavy atom. The van der Waals surface area contributed by atoms with Gasteiger partial charge in [-0.1, -0.05) is 29.4 Å². The molecule has 2 amide bonds. The van der Waals surface area contributed by atoms with Gasteiger partial charge in [0.1, 0.15) is 5.76 Å². The first-order valence-corrected chi connectivity index (χ1v) is 10.2. The molecule has 0 aliphatic heterocycles. The summed E-state index contributed by atoms with van der Waals surface area (Å²) < 4.78 is 10.5. The summed E-state index contributed by atoms with van der Waals surface area (Å²) in [6, 6.07) is 9.57. The molecule has 2 N–H and O–H groups in total. The van der Waals surface area contributed by atoms with E-state index >= 15 is 0 Å². The van der Waals surface area contributed by atoms with Crippen LogP contribution in [-0.2, 0) is 27.5 Å². The van der Waals surface area contributed by atoms with Crippen LogP contribution in [0, 0.1) is 6.92 Å². The molecule has 0 fully saturated rings. The highest BCUT2D eigenvalue weighted by Crippen LogP contribution is 2.14. The number of carbonyl (C=O) groups excluding carboxylic acids is 2. The molecule has 28 heavy (non-hydrogen) atoms. The Hall–Kier alpha value is -2.32. The number of hydrogen-bond acceptors (Lipinski definition) is 6. The molecule has 1 unspecified atom stereocenters. The average Bonchev–Trinajstić information content (AvgIpc) is 3.07. The van der Waals surface area contributed by atoms with Gasteiger partial charge >= 0.3 is 0 Å². The molecule has 1 aromatic carbocycles. The zero-order chi connectivity index (χ0) is 20.5. The Morgan fingerprint density at radius 3 is 2.64 bits per heavy atom. The van der Waals surface area contributed by atoms with Gasteiger partial charge in [-0.3, -0.25) is 9.59 Å². The molecule has 0 aliphatic carbocycles. The van der Waals surface area contributed by atoms with Gasteiger partial charge in [0.25, 0.3) is 0 Å². The van der Waals surface area contributed by atoms with E-state index in [1.807, 2.05) is 38.1 Å². The van der Waals surface area contributed by atoms with Gasteiger partial charge in [0, 0.05) is 12.6 Å². The summed E-state index contributed by atoms with van der Waals surface area (Å²) in [6.45, 7) is 8.47. The molecule has 152 valence electrons. The summed E-state index contributed by atoms with van der Waals surface area (Å²) in [5.41, 5.74) is 2.08. The van der Waals surface area contributed by atoms with Gasteiger partial charge in [-0.15, -0.1) is 11.8 Å². The van der Waals surface area contributed by atoms with Crippen molar-refractivity contribution in [1.82, 2.24) is 10.5 Å². The third-order valence-electron chi connectivity index (χ3n) is 3.78. The van der Waals surface area contributed by atoms with Crippen LogP contribution < -0.4 is 10.6 Å². The lowest BCUT2D eigenvalue weighted by Crippen LogP contribution is -2.28. The highest BCUT2D eigenvalue weighted by Gasteiger charge is 2.16. The maximum Gasteiger partial charge on any atom is 0.238 e. The number of nitrogens with one attached hydrogen (secondary N) is 2. The number of aromatic nitrogens is 1. The predicted molar refractivity (Wildman–Crippen MR) is 110 cm³/mol. The summed E-state index contributed by atoms with van der Waals surface area (Å²) in [6.07, 6.45) is 0.174. The molecule has 7 nitrogen and oxygen atoms in total. The van der Waals surface area contributed by atoms with Gasteiger partial charge in [0.15, 0.2) is 5.82 Å². The monoisotopic (exact) mass is 405 g/mol. The summed E-state index contributed by atoms with van der Waals surface area (Å²) in [5, 5.41) is 8.87. The highest BCUT2D eigenvalue weighted by atomic mass is 32.2. The van der Waals surface area contributed by atoms with Crippen molar-refractivity contribution in [3.05, 3.63) is 47.2 Å². The van der Waals surface area contributed by atoms with E-state index in [1.54, 1.807) is 19.9 Å². The van der Waals surface area contributed by atoms with Crippen LogP contribution in [0.3, 0.4) is 0 Å². The first-order valence-electron chi connectivity index (χ1n) is 9.15. The minimum atomic E-state index is -0.390. The molecule has 1 atom stereocenters. The molecule has 0 aliphatic rings. The van der Waals surface area contributed by atoms with Crippen molar-refractivity contribution in [3.8, 4) is 0 Å². The van der Waals surface area contributed by atoms with Crippen LogP contribution in [0.1, 0.15) is 37.7 Å². The van der Waals surface area contributed by atoms with Gasteiger partial charge in [-0.2, -0.15) is 0 Å². The fraction of sp³-hybridized carbons (Fsp3) is 0.450. The van der Waals surface area contributed by atoms with E-state index in [2.05, 4.69) is 15.8 Å². The van der Waals surface area contributed by atoms with Gasteiger partial charge < -0.3 is 19.9 Å². The second-order valence-electron chi connectivity index (χ2n) is 6.72. The first kappa shape index (κ1) is 22.0. The normalized spacial score (nSPS) is 12.0. The molecule has 0 saturated heterocycles. The summed E-state index contributed by atoms with van der Waals surface area (Å²) in [4.78, 5) is 24.2. The van der Waals surface area contributed by atoms with Crippen molar-refractivity contribution in [2.45, 2.75) is 52.2 Å². The van der Waals surface area contributed by atoms with Crippen molar-refractivity contribution >= 4 is 29.4 Å². The average molecular weight is 406 g/mol. The highest BCUT2D eigenvalue weighted by molar-refractivity contribution is 8.01. The predicted octanol–water partition coefficient (Wildman–Crippen LogP) is 3.28. The molecule has 0 saturated carbocycles. The van der Waals surface area contributed by atoms with Crippen molar-refractivity contribution in [2.75, 3.05) is 11.1 Å². The molecule has 2 aromatic rings. The smallest absolute Gasteiger partial charge is 0.238 e. The molecule has 1 heterocycles. The van der Waals surface area contributed by atoms with Crippen LogP contribution >= 0.6 is 11.8 Å². The molecule has 1 aromatic heterocycles. The zero-order valence-corrected chi connectivity index (χ0v) is 17.5. The lowest BCUT2D eigenvalue weighted by molar-refractivity contribution is -0.118. The number of carbonyl (C=O) groups is 2. The van der Waals surface area contributed by atoms with E-state index in [-0.39, 0.29) is 28.9 Å². The third kappa shape index (κ3) is 7.74. The Balaban J connectivity index is 1.72. The van der Waals surface area contributed by atoms with Crippen LogP contribution in [0.2, 0.25) is 0 Å².